The van der Waals surface area contributed by atoms with E-state index in [0.717, 1.165) is 15.2 Å². The van der Waals surface area contributed by atoms with E-state index in [9.17, 15) is 4.79 Å². The van der Waals surface area contributed by atoms with E-state index in [4.69, 9.17) is 4.74 Å². The normalized spacial score (nSPS) is 12.3. The summed E-state index contributed by atoms with van der Waals surface area (Å²) in [6.07, 6.45) is 0. The van der Waals surface area contributed by atoms with E-state index in [1.54, 1.807) is 11.3 Å². The Morgan fingerprint density at radius 1 is 1.19 bits per heavy atom. The molecule has 0 spiro atoms. The van der Waals surface area contributed by atoms with Crippen molar-refractivity contribution >= 4 is 43.9 Å². The Labute approximate surface area is 165 Å². The van der Waals surface area contributed by atoms with Crippen molar-refractivity contribution in [1.82, 2.24) is 10.2 Å². The van der Waals surface area contributed by atoms with E-state index in [1.165, 1.54) is 5.56 Å². The Morgan fingerprint density at radius 2 is 1.96 bits per heavy atom. The summed E-state index contributed by atoms with van der Waals surface area (Å²) in [6, 6.07) is 14.1. The van der Waals surface area contributed by atoms with Crippen molar-refractivity contribution in [1.29, 1.82) is 0 Å². The van der Waals surface area contributed by atoms with Gasteiger partial charge in [0.05, 0.1) is 6.04 Å². The number of nitrogens with zero attached hydrogens (tertiary/aromatic N) is 1. The number of nitrogens with one attached hydrogen (secondary N) is 1. The standard InChI is InChI=1S/C20H21BrN2O2S/c1-23(2)19(16-7-8-26-13-16)11-22-20(24)12-25-18-6-4-14-9-17(21)5-3-15(14)10-18/h3-10,13,19H,11-12H2,1-2H3,(H,22,24). The highest BCUT2D eigenvalue weighted by molar-refractivity contribution is 9.10. The number of halogens is 1. The highest BCUT2D eigenvalue weighted by atomic mass is 79.9. The monoisotopic (exact) mass is 432 g/mol. The third-order valence-electron chi connectivity index (χ3n) is 4.19. The van der Waals surface area contributed by atoms with Gasteiger partial charge < -0.3 is 15.0 Å². The molecule has 1 heterocycles. The van der Waals surface area contributed by atoms with Crippen LogP contribution in [0, 0.1) is 0 Å². The SMILES string of the molecule is CN(C)C(CNC(=O)COc1ccc2cc(Br)ccc2c1)c1ccsc1. The second kappa shape index (κ2) is 8.66. The van der Waals surface area contributed by atoms with Gasteiger partial charge in [-0.2, -0.15) is 11.3 Å². The first-order valence-electron chi connectivity index (χ1n) is 8.30. The van der Waals surface area contributed by atoms with Crippen molar-refractivity contribution < 1.29 is 9.53 Å². The van der Waals surface area contributed by atoms with Gasteiger partial charge in [0.1, 0.15) is 5.75 Å². The number of hydrogen-bond acceptors (Lipinski definition) is 4. The molecule has 1 atom stereocenters. The number of hydrogen-bond donors (Lipinski definition) is 1. The summed E-state index contributed by atoms with van der Waals surface area (Å²) >= 11 is 5.13. The Hall–Kier alpha value is -1.89. The lowest BCUT2D eigenvalue weighted by Gasteiger charge is -2.24. The molecule has 0 saturated carbocycles. The first-order chi connectivity index (χ1) is 12.5. The molecule has 1 N–H and O–H groups in total. The third kappa shape index (κ3) is 4.84. The number of fused-ring (bicyclic) bond motifs is 1. The number of ether oxygens (including phenoxy) is 1. The molecule has 3 rings (SSSR count). The molecule has 0 aliphatic rings. The average molecular weight is 433 g/mol. The fourth-order valence-electron chi connectivity index (χ4n) is 2.76. The second-order valence-electron chi connectivity index (χ2n) is 6.28. The molecule has 6 heteroatoms. The summed E-state index contributed by atoms with van der Waals surface area (Å²) in [6.45, 7) is 0.559. The maximum Gasteiger partial charge on any atom is 0.258 e. The number of benzene rings is 2. The van der Waals surface area contributed by atoms with Crippen LogP contribution in [0.2, 0.25) is 0 Å². The lowest BCUT2D eigenvalue weighted by atomic mass is 10.1. The molecule has 1 unspecified atom stereocenters. The Balaban J connectivity index is 1.54. The van der Waals surface area contributed by atoms with E-state index in [1.807, 2.05) is 44.4 Å². The van der Waals surface area contributed by atoms with Crippen LogP contribution in [0.15, 0.2) is 57.7 Å². The van der Waals surface area contributed by atoms with Gasteiger partial charge in [0.15, 0.2) is 6.61 Å². The lowest BCUT2D eigenvalue weighted by Crippen LogP contribution is -2.36. The lowest BCUT2D eigenvalue weighted by molar-refractivity contribution is -0.123. The smallest absolute Gasteiger partial charge is 0.258 e. The van der Waals surface area contributed by atoms with Crippen molar-refractivity contribution in [3.05, 3.63) is 63.3 Å². The van der Waals surface area contributed by atoms with Crippen molar-refractivity contribution in [2.75, 3.05) is 27.2 Å². The van der Waals surface area contributed by atoms with E-state index in [-0.39, 0.29) is 18.6 Å². The van der Waals surface area contributed by atoms with Crippen LogP contribution in [0.1, 0.15) is 11.6 Å². The zero-order valence-corrected chi connectivity index (χ0v) is 17.1. The molecule has 0 bridgehead atoms. The number of amides is 1. The van der Waals surface area contributed by atoms with Crippen LogP contribution in [-0.4, -0.2) is 38.1 Å². The summed E-state index contributed by atoms with van der Waals surface area (Å²) in [5.74, 6) is 0.569. The maximum atomic E-state index is 12.2. The van der Waals surface area contributed by atoms with Gasteiger partial charge in [-0.05, 0) is 71.5 Å². The van der Waals surface area contributed by atoms with E-state index in [2.05, 4.69) is 49.0 Å². The maximum absolute atomic E-state index is 12.2. The number of thiophene rings is 1. The summed E-state index contributed by atoms with van der Waals surface area (Å²) in [5.41, 5.74) is 1.21. The van der Waals surface area contributed by atoms with Gasteiger partial charge in [-0.3, -0.25) is 4.79 Å². The van der Waals surface area contributed by atoms with Crippen molar-refractivity contribution in [2.24, 2.45) is 0 Å². The van der Waals surface area contributed by atoms with Crippen molar-refractivity contribution in [3.63, 3.8) is 0 Å². The van der Waals surface area contributed by atoms with Gasteiger partial charge in [-0.1, -0.05) is 28.1 Å². The third-order valence-corrected chi connectivity index (χ3v) is 5.38. The molecule has 0 radical (unpaired) electrons. The molecule has 2 aromatic carbocycles. The number of carbonyl (C=O) groups is 1. The van der Waals surface area contributed by atoms with E-state index in [0.29, 0.717) is 12.3 Å². The minimum Gasteiger partial charge on any atom is -0.484 e. The summed E-state index contributed by atoms with van der Waals surface area (Å²) in [7, 11) is 4.02. The molecule has 3 aromatic rings. The van der Waals surface area contributed by atoms with Crippen LogP contribution in [0.25, 0.3) is 10.8 Å². The minimum absolute atomic E-state index is 0.00577. The quantitative estimate of drug-likeness (QED) is 0.598. The van der Waals surface area contributed by atoms with Crippen LogP contribution in [0.4, 0.5) is 0 Å². The summed E-state index contributed by atoms with van der Waals surface area (Å²) < 4.78 is 6.70. The van der Waals surface area contributed by atoms with Gasteiger partial charge in [0, 0.05) is 11.0 Å². The van der Waals surface area contributed by atoms with Crippen molar-refractivity contribution in [3.8, 4) is 5.75 Å². The molecular formula is C20H21BrN2O2S. The number of rotatable bonds is 7. The predicted octanol–water partition coefficient (Wildman–Crippen LogP) is 4.46. The van der Waals surface area contributed by atoms with Gasteiger partial charge in [-0.15, -0.1) is 0 Å². The molecule has 1 amide bonds. The van der Waals surface area contributed by atoms with Crippen LogP contribution in [-0.2, 0) is 4.79 Å². The average Bonchev–Trinajstić information content (AvgIpc) is 3.14. The predicted molar refractivity (Wildman–Crippen MR) is 111 cm³/mol. The van der Waals surface area contributed by atoms with Crippen LogP contribution in [0.5, 0.6) is 5.75 Å². The molecule has 26 heavy (non-hydrogen) atoms. The molecule has 0 aliphatic carbocycles. The highest BCUT2D eigenvalue weighted by Gasteiger charge is 2.15. The van der Waals surface area contributed by atoms with Gasteiger partial charge >= 0.3 is 0 Å². The zero-order chi connectivity index (χ0) is 18.5. The Morgan fingerprint density at radius 3 is 2.69 bits per heavy atom. The molecular weight excluding hydrogens is 412 g/mol. The fraction of sp³-hybridized carbons (Fsp3) is 0.250. The fourth-order valence-corrected chi connectivity index (χ4v) is 3.84. The second-order valence-corrected chi connectivity index (χ2v) is 7.98. The molecule has 4 nitrogen and oxygen atoms in total. The first-order valence-corrected chi connectivity index (χ1v) is 10.0. The highest BCUT2D eigenvalue weighted by Crippen LogP contribution is 2.24. The zero-order valence-electron chi connectivity index (χ0n) is 14.7. The van der Waals surface area contributed by atoms with Crippen LogP contribution >= 0.6 is 27.3 Å². The summed E-state index contributed by atoms with van der Waals surface area (Å²) in [4.78, 5) is 14.3. The minimum atomic E-state index is -0.122. The molecule has 1 aromatic heterocycles. The van der Waals surface area contributed by atoms with E-state index < -0.39 is 0 Å². The van der Waals surface area contributed by atoms with Crippen LogP contribution < -0.4 is 10.1 Å². The van der Waals surface area contributed by atoms with Crippen LogP contribution in [0.3, 0.4) is 0 Å². The molecule has 0 saturated heterocycles. The van der Waals surface area contributed by atoms with E-state index >= 15 is 0 Å². The number of likely N-dealkylation sites (N-methyl/N-ethyl adjacent to an activating group) is 1. The Kier molecular flexibility index (Phi) is 6.29. The van der Waals surface area contributed by atoms with Crippen molar-refractivity contribution in [2.45, 2.75) is 6.04 Å². The molecule has 136 valence electrons. The van der Waals surface area contributed by atoms with Gasteiger partial charge in [0.25, 0.3) is 5.91 Å². The van der Waals surface area contributed by atoms with Gasteiger partial charge in [0.2, 0.25) is 0 Å². The topological polar surface area (TPSA) is 41.6 Å². The molecule has 0 fully saturated rings. The number of carbonyl (C=O) groups excluding carboxylic acids is 1. The first kappa shape index (κ1) is 18.9. The van der Waals surface area contributed by atoms with Gasteiger partial charge in [-0.25, -0.2) is 0 Å². The largest absolute Gasteiger partial charge is 0.484 e. The molecule has 0 aliphatic heterocycles. The summed E-state index contributed by atoms with van der Waals surface area (Å²) in [5, 5.41) is 9.33. The Bertz CT molecular complexity index is 881.